The molecule has 1 aromatic carbocycles. The zero-order valence-electron chi connectivity index (χ0n) is 6.80. The summed E-state index contributed by atoms with van der Waals surface area (Å²) >= 11 is 6.76. The molecule has 0 aliphatic carbocycles. The van der Waals surface area contributed by atoms with Crippen LogP contribution in [0.5, 0.6) is 0 Å². The second-order valence-corrected chi connectivity index (χ2v) is 3.82. The fourth-order valence-corrected chi connectivity index (χ4v) is 2.01. The normalized spacial score (nSPS) is 10.5. The summed E-state index contributed by atoms with van der Waals surface area (Å²) < 4.78 is 26.1. The summed E-state index contributed by atoms with van der Waals surface area (Å²) in [5, 5.41) is 2.24. The van der Waals surface area contributed by atoms with Crippen molar-refractivity contribution in [1.82, 2.24) is 4.98 Å². The van der Waals surface area contributed by atoms with E-state index in [1.807, 2.05) is 0 Å². The van der Waals surface area contributed by atoms with E-state index in [0.717, 1.165) is 6.07 Å². The van der Waals surface area contributed by atoms with Gasteiger partial charge in [-0.2, -0.15) is 0 Å². The Kier molecular flexibility index (Phi) is 2.48. The molecule has 0 saturated carbocycles. The van der Waals surface area contributed by atoms with Crippen LogP contribution in [0.4, 0.5) is 8.78 Å². The van der Waals surface area contributed by atoms with Crippen LogP contribution >= 0.6 is 22.9 Å². The van der Waals surface area contributed by atoms with Crippen molar-refractivity contribution in [3.05, 3.63) is 40.4 Å². The molecular weight excluding hydrogens is 228 g/mol. The maximum absolute atomic E-state index is 13.2. The minimum atomic E-state index is -0.890. The van der Waals surface area contributed by atoms with Gasteiger partial charge >= 0.3 is 0 Å². The SMILES string of the molecule is Fc1cccc(-c2nc(Cl)cs2)c1F. The Morgan fingerprint density at radius 2 is 2.07 bits per heavy atom. The quantitative estimate of drug-likeness (QED) is 0.729. The Hall–Kier alpha value is -1.00. The zero-order valence-corrected chi connectivity index (χ0v) is 8.37. The Morgan fingerprint density at radius 1 is 1.29 bits per heavy atom. The number of thiazole rings is 1. The first-order chi connectivity index (χ1) is 6.68. The van der Waals surface area contributed by atoms with Crippen LogP contribution in [0.2, 0.25) is 5.15 Å². The number of rotatable bonds is 1. The van der Waals surface area contributed by atoms with E-state index in [1.165, 1.54) is 23.5 Å². The van der Waals surface area contributed by atoms with Gasteiger partial charge in [0.2, 0.25) is 0 Å². The molecule has 0 spiro atoms. The van der Waals surface area contributed by atoms with Crippen molar-refractivity contribution >= 4 is 22.9 Å². The van der Waals surface area contributed by atoms with Crippen LogP contribution in [0, 0.1) is 11.6 Å². The van der Waals surface area contributed by atoms with Crippen LogP contribution in [0.25, 0.3) is 10.6 Å². The van der Waals surface area contributed by atoms with Crippen LogP contribution in [-0.4, -0.2) is 4.98 Å². The monoisotopic (exact) mass is 231 g/mol. The highest BCUT2D eigenvalue weighted by molar-refractivity contribution is 7.13. The minimum absolute atomic E-state index is 0.141. The first kappa shape index (κ1) is 9.55. The number of halogens is 3. The standard InChI is InChI=1S/C9H4ClF2NS/c10-7-4-14-9(13-7)5-2-1-3-6(11)8(5)12/h1-4H. The van der Waals surface area contributed by atoms with Gasteiger partial charge in [0.15, 0.2) is 11.6 Å². The zero-order chi connectivity index (χ0) is 10.1. The summed E-state index contributed by atoms with van der Waals surface area (Å²) in [4.78, 5) is 3.86. The molecule has 0 fully saturated rings. The molecule has 0 aliphatic heterocycles. The third-order valence-electron chi connectivity index (χ3n) is 1.66. The molecule has 5 heteroatoms. The smallest absolute Gasteiger partial charge is 0.169 e. The van der Waals surface area contributed by atoms with Crippen LogP contribution in [0.15, 0.2) is 23.6 Å². The first-order valence-electron chi connectivity index (χ1n) is 3.74. The van der Waals surface area contributed by atoms with Crippen LogP contribution in [0.3, 0.4) is 0 Å². The van der Waals surface area contributed by atoms with Gasteiger partial charge < -0.3 is 0 Å². The molecule has 14 heavy (non-hydrogen) atoms. The van der Waals surface area contributed by atoms with Crippen molar-refractivity contribution in [2.75, 3.05) is 0 Å². The lowest BCUT2D eigenvalue weighted by atomic mass is 10.2. The lowest BCUT2D eigenvalue weighted by Crippen LogP contribution is -1.87. The highest BCUT2D eigenvalue weighted by Gasteiger charge is 2.12. The summed E-state index contributed by atoms with van der Waals surface area (Å²) in [5.74, 6) is -1.77. The molecule has 72 valence electrons. The summed E-state index contributed by atoms with van der Waals surface area (Å²) in [7, 11) is 0. The maximum atomic E-state index is 13.2. The van der Waals surface area contributed by atoms with E-state index in [0.29, 0.717) is 5.01 Å². The fourth-order valence-electron chi connectivity index (χ4n) is 1.05. The van der Waals surface area contributed by atoms with E-state index in [4.69, 9.17) is 11.6 Å². The average Bonchev–Trinajstić information content (AvgIpc) is 2.57. The van der Waals surface area contributed by atoms with Gasteiger partial charge in [-0.05, 0) is 12.1 Å². The summed E-state index contributed by atoms with van der Waals surface area (Å²) in [6.45, 7) is 0. The largest absolute Gasteiger partial charge is 0.224 e. The van der Waals surface area contributed by atoms with Crippen LogP contribution in [0.1, 0.15) is 0 Å². The lowest BCUT2D eigenvalue weighted by Gasteiger charge is -1.98. The molecule has 1 heterocycles. The highest BCUT2D eigenvalue weighted by atomic mass is 35.5. The molecule has 0 bridgehead atoms. The van der Waals surface area contributed by atoms with Crippen molar-refractivity contribution in [2.24, 2.45) is 0 Å². The number of nitrogens with zero attached hydrogens (tertiary/aromatic N) is 1. The summed E-state index contributed by atoms with van der Waals surface area (Å²) in [5.41, 5.74) is 0.141. The van der Waals surface area contributed by atoms with Gasteiger partial charge in [0.1, 0.15) is 10.2 Å². The Labute approximate surface area is 88.0 Å². The van der Waals surface area contributed by atoms with Gasteiger partial charge in [0.25, 0.3) is 0 Å². The van der Waals surface area contributed by atoms with Gasteiger partial charge in [-0.1, -0.05) is 17.7 Å². The van der Waals surface area contributed by atoms with Gasteiger partial charge in [0.05, 0.1) is 0 Å². The van der Waals surface area contributed by atoms with E-state index < -0.39 is 11.6 Å². The summed E-state index contributed by atoms with van der Waals surface area (Å²) in [6, 6.07) is 3.96. The number of hydrogen-bond acceptors (Lipinski definition) is 2. The summed E-state index contributed by atoms with van der Waals surface area (Å²) in [6.07, 6.45) is 0. The lowest BCUT2D eigenvalue weighted by molar-refractivity contribution is 0.511. The van der Waals surface area contributed by atoms with E-state index >= 15 is 0 Å². The third kappa shape index (κ3) is 1.63. The molecule has 0 amide bonds. The molecule has 0 aliphatic rings. The average molecular weight is 232 g/mol. The van der Waals surface area contributed by atoms with Gasteiger partial charge in [-0.25, -0.2) is 13.8 Å². The molecule has 1 nitrogen and oxygen atoms in total. The molecule has 2 rings (SSSR count). The molecule has 0 unspecified atom stereocenters. The minimum Gasteiger partial charge on any atom is -0.224 e. The second kappa shape index (κ2) is 3.63. The number of aromatic nitrogens is 1. The molecule has 0 radical (unpaired) electrons. The second-order valence-electron chi connectivity index (χ2n) is 2.58. The van der Waals surface area contributed by atoms with E-state index in [2.05, 4.69) is 4.98 Å². The Balaban J connectivity index is 2.57. The van der Waals surface area contributed by atoms with Crippen molar-refractivity contribution in [3.8, 4) is 10.6 Å². The molecular formula is C9H4ClF2NS. The van der Waals surface area contributed by atoms with Gasteiger partial charge in [-0.3, -0.25) is 0 Å². The third-order valence-corrected chi connectivity index (χ3v) is 2.86. The molecule has 2 aromatic rings. The Morgan fingerprint density at radius 3 is 2.71 bits per heavy atom. The Bertz CT molecular complexity index is 470. The van der Waals surface area contributed by atoms with Crippen molar-refractivity contribution < 1.29 is 8.78 Å². The highest BCUT2D eigenvalue weighted by Crippen LogP contribution is 2.28. The maximum Gasteiger partial charge on any atom is 0.169 e. The number of hydrogen-bond donors (Lipinski definition) is 0. The number of benzene rings is 1. The van der Waals surface area contributed by atoms with Crippen LogP contribution < -0.4 is 0 Å². The van der Waals surface area contributed by atoms with Gasteiger partial charge in [0, 0.05) is 10.9 Å². The van der Waals surface area contributed by atoms with E-state index in [-0.39, 0.29) is 10.7 Å². The molecule has 0 atom stereocenters. The predicted molar refractivity (Wildman–Crippen MR) is 52.5 cm³/mol. The molecule has 0 saturated heterocycles. The van der Waals surface area contributed by atoms with Crippen molar-refractivity contribution in [2.45, 2.75) is 0 Å². The first-order valence-corrected chi connectivity index (χ1v) is 4.99. The van der Waals surface area contributed by atoms with Crippen LogP contribution in [-0.2, 0) is 0 Å². The fraction of sp³-hybridized carbons (Fsp3) is 0. The van der Waals surface area contributed by atoms with Gasteiger partial charge in [-0.15, -0.1) is 11.3 Å². The predicted octanol–water partition coefficient (Wildman–Crippen LogP) is 3.74. The molecule has 1 aromatic heterocycles. The van der Waals surface area contributed by atoms with Crippen molar-refractivity contribution in [1.29, 1.82) is 0 Å². The van der Waals surface area contributed by atoms with E-state index in [9.17, 15) is 8.78 Å². The topological polar surface area (TPSA) is 12.9 Å². The van der Waals surface area contributed by atoms with Crippen molar-refractivity contribution in [3.63, 3.8) is 0 Å². The van der Waals surface area contributed by atoms with E-state index in [1.54, 1.807) is 5.38 Å². The molecule has 0 N–H and O–H groups in total.